The molecule has 2 unspecified atom stereocenters. The van der Waals surface area contributed by atoms with Crippen LogP contribution in [0.1, 0.15) is 279 Å². The predicted octanol–water partition coefficient (Wildman–Crippen LogP) is 15.5. The van der Waals surface area contributed by atoms with Gasteiger partial charge in [-0.3, -0.25) is 19.2 Å². The second-order valence-electron chi connectivity index (χ2n) is 19.9. The minimum absolute atomic E-state index is 0.00981. The number of esters is 2. The highest BCUT2D eigenvalue weighted by atomic mass is 32.1. The van der Waals surface area contributed by atoms with Crippen molar-refractivity contribution < 1.29 is 33.4 Å². The van der Waals surface area contributed by atoms with Crippen molar-refractivity contribution in [2.24, 2.45) is 5.92 Å². The Balaban J connectivity index is 0.00000150. The number of amides is 2. The van der Waals surface area contributed by atoms with Crippen molar-refractivity contribution in [3.63, 3.8) is 0 Å². The van der Waals surface area contributed by atoms with Gasteiger partial charge in [-0.15, -0.1) is 11.3 Å². The first-order valence-corrected chi connectivity index (χ1v) is 30.0. The summed E-state index contributed by atoms with van der Waals surface area (Å²) in [4.78, 5) is 67.4. The van der Waals surface area contributed by atoms with Gasteiger partial charge < -0.3 is 29.4 Å². The van der Waals surface area contributed by atoms with E-state index in [1.54, 1.807) is 11.3 Å². The third-order valence-electron chi connectivity index (χ3n) is 13.3. The number of hydrogen-bond acceptors (Lipinski definition) is 9. The van der Waals surface area contributed by atoms with Gasteiger partial charge in [-0.1, -0.05) is 157 Å². The summed E-state index contributed by atoms with van der Waals surface area (Å²) in [7, 11) is 4.07. The van der Waals surface area contributed by atoms with Gasteiger partial charge in [0.25, 0.3) is 5.91 Å². The third kappa shape index (κ3) is 34.6. The molecule has 0 aromatic carbocycles. The number of rotatable bonds is 42. The van der Waals surface area contributed by atoms with Crippen LogP contribution in [0.15, 0.2) is 0 Å². The average molecular weight is 1000 g/mol. The van der Waals surface area contributed by atoms with Crippen molar-refractivity contribution in [1.29, 1.82) is 0 Å². The summed E-state index contributed by atoms with van der Waals surface area (Å²) in [6.45, 7) is 18.3. The minimum atomic E-state index is -0.108. The molecule has 0 saturated carbocycles. The van der Waals surface area contributed by atoms with Crippen LogP contribution in [-0.4, -0.2) is 86.3 Å². The van der Waals surface area contributed by atoms with Gasteiger partial charge in [0, 0.05) is 42.1 Å². The lowest BCUT2D eigenvalue weighted by Crippen LogP contribution is -2.36. The Kier molecular flexibility index (Phi) is 45.3. The number of hydrogen-bond donors (Lipinski definition) is 1. The molecule has 1 aromatic heterocycles. The fraction of sp³-hybridized carbons (Fsp3) is 0.847. The summed E-state index contributed by atoms with van der Waals surface area (Å²) < 4.78 is 11.4. The first-order valence-electron chi connectivity index (χ1n) is 29.1. The summed E-state index contributed by atoms with van der Waals surface area (Å²) >= 11 is 1.64. The van der Waals surface area contributed by atoms with Gasteiger partial charge in [0.05, 0.1) is 24.6 Å². The van der Waals surface area contributed by atoms with Gasteiger partial charge in [-0.25, -0.2) is 0 Å². The van der Waals surface area contributed by atoms with Crippen LogP contribution in [0.4, 0.5) is 0 Å². The molecule has 70 heavy (non-hydrogen) atoms. The molecule has 1 aliphatic heterocycles. The van der Waals surface area contributed by atoms with E-state index in [1.807, 2.05) is 39.8 Å². The van der Waals surface area contributed by atoms with E-state index in [1.165, 1.54) is 103 Å². The maximum Gasteiger partial charge on any atom is 0.308 e. The zero-order chi connectivity index (χ0) is 52.0. The number of aryl methyl sites for hydroxylation is 1. The molecule has 2 amide bonds. The fourth-order valence-electron chi connectivity index (χ4n) is 9.06. The lowest BCUT2D eigenvalue weighted by molar-refractivity contribution is -0.150. The number of unbranched alkanes of at least 4 members (excludes halogenated alkanes) is 20. The molecule has 0 radical (unpaired) electrons. The third-order valence-corrected chi connectivity index (χ3v) is 14.4. The first kappa shape index (κ1) is 67.2. The van der Waals surface area contributed by atoms with E-state index >= 15 is 0 Å². The zero-order valence-electron chi connectivity index (χ0n) is 47.0. The van der Waals surface area contributed by atoms with Gasteiger partial charge in [0.1, 0.15) is 12.4 Å². The molecule has 0 fully saturated rings. The van der Waals surface area contributed by atoms with E-state index in [0.717, 1.165) is 117 Å². The second kappa shape index (κ2) is 47.2. The lowest BCUT2D eigenvalue weighted by atomic mass is 9.94. The maximum atomic E-state index is 13.0. The first-order chi connectivity index (χ1) is 34.0. The number of aldehydes is 1. The Hall–Kier alpha value is -2.79. The van der Waals surface area contributed by atoms with Crippen molar-refractivity contribution >= 4 is 41.4 Å². The zero-order valence-corrected chi connectivity index (χ0v) is 47.8. The summed E-state index contributed by atoms with van der Waals surface area (Å²) in [5, 5.41) is 3.08. The van der Waals surface area contributed by atoms with Crippen LogP contribution in [0.5, 0.6) is 0 Å². The number of nitrogens with zero attached hydrogens (tertiary/aromatic N) is 2. The number of thiophene rings is 1. The van der Waals surface area contributed by atoms with Crippen LogP contribution in [0.2, 0.25) is 0 Å². The molecule has 0 spiro atoms. The van der Waals surface area contributed by atoms with E-state index < -0.39 is 0 Å². The van der Waals surface area contributed by atoms with Crippen LogP contribution < -0.4 is 5.32 Å². The van der Waals surface area contributed by atoms with E-state index in [-0.39, 0.29) is 35.8 Å². The van der Waals surface area contributed by atoms with Crippen molar-refractivity contribution in [1.82, 2.24) is 15.1 Å². The molecule has 1 N–H and O–H groups in total. The SMILES string of the molecule is CC.CCCCCCCCC(CCCCCC)C(=O)OCCCCCC=O.CCCCCCCCC(CCCCCC)OC(=O)CCCCC(=O)N1CCc2c(sc(C)c2C(=O)NCCCN(C)C)C1. The Labute approximate surface area is 434 Å². The van der Waals surface area contributed by atoms with Gasteiger partial charge in [0.2, 0.25) is 5.91 Å². The highest BCUT2D eigenvalue weighted by Crippen LogP contribution is 2.33. The standard InChI is InChI=1S/C35H61N3O4S.C22H42O3.C2H6/c1-6-8-10-12-13-15-20-29(19-14-11-9-7-2)42-33(40)22-17-16-21-32(39)38-26-23-30-31(27-38)43-28(3)34(30)35(41)36-24-18-25-37(4)5;1-3-5-7-9-10-14-18-21(17-13-8-6-4-2)22(24)25-20-16-12-11-15-19-23;1-2/h29H,6-27H2,1-5H3,(H,36,41);19,21H,3-18,20H2,1-2H3;1-2H3. The van der Waals surface area contributed by atoms with Crippen molar-refractivity contribution in [3.05, 3.63) is 20.9 Å². The largest absolute Gasteiger partial charge is 0.465 e. The molecule has 1 aromatic rings. The van der Waals surface area contributed by atoms with E-state index in [0.29, 0.717) is 58.3 Å². The van der Waals surface area contributed by atoms with Gasteiger partial charge in [0.15, 0.2) is 0 Å². The second-order valence-corrected chi connectivity index (χ2v) is 21.2. The minimum Gasteiger partial charge on any atom is -0.465 e. The van der Waals surface area contributed by atoms with E-state index in [2.05, 4.69) is 37.9 Å². The maximum absolute atomic E-state index is 13.0. The lowest BCUT2D eigenvalue weighted by Gasteiger charge is -2.27. The fourth-order valence-corrected chi connectivity index (χ4v) is 10.3. The highest BCUT2D eigenvalue weighted by Gasteiger charge is 2.28. The van der Waals surface area contributed by atoms with Gasteiger partial charge >= 0.3 is 11.9 Å². The molecular weight excluding hydrogens is 895 g/mol. The van der Waals surface area contributed by atoms with Crippen LogP contribution in [0.3, 0.4) is 0 Å². The Morgan fingerprint density at radius 1 is 0.671 bits per heavy atom. The summed E-state index contributed by atoms with van der Waals surface area (Å²) in [5.74, 6) is 0.147. The van der Waals surface area contributed by atoms with E-state index in [4.69, 9.17) is 9.47 Å². The molecule has 2 atom stereocenters. The van der Waals surface area contributed by atoms with Gasteiger partial charge in [-0.2, -0.15) is 0 Å². The molecular formula is C59H109N3O7S. The number of fused-ring (bicyclic) bond motifs is 1. The average Bonchev–Trinajstić information content (AvgIpc) is 3.69. The van der Waals surface area contributed by atoms with Crippen LogP contribution >= 0.6 is 11.3 Å². The van der Waals surface area contributed by atoms with Crippen molar-refractivity contribution in [3.8, 4) is 0 Å². The molecule has 0 saturated heterocycles. The molecule has 1 aliphatic rings. The monoisotopic (exact) mass is 1000 g/mol. The molecule has 0 bridgehead atoms. The van der Waals surface area contributed by atoms with Crippen molar-refractivity contribution in [2.75, 3.05) is 40.3 Å². The number of carbonyl (C=O) groups is 5. The van der Waals surface area contributed by atoms with E-state index in [9.17, 15) is 24.0 Å². The molecule has 0 aliphatic carbocycles. The predicted molar refractivity (Wildman–Crippen MR) is 296 cm³/mol. The van der Waals surface area contributed by atoms with Crippen molar-refractivity contribution in [2.45, 2.75) is 279 Å². The Morgan fingerprint density at radius 2 is 1.19 bits per heavy atom. The molecule has 2 heterocycles. The number of nitrogens with one attached hydrogen (secondary N) is 1. The quantitative estimate of drug-likeness (QED) is 0.0390. The molecule has 11 heteroatoms. The summed E-state index contributed by atoms with van der Waals surface area (Å²) in [6, 6.07) is 0. The topological polar surface area (TPSA) is 122 Å². The number of carbonyl (C=O) groups excluding carboxylic acids is 5. The Bertz CT molecular complexity index is 1450. The molecule has 2 rings (SSSR count). The molecule has 408 valence electrons. The Morgan fingerprint density at radius 3 is 1.74 bits per heavy atom. The van der Waals surface area contributed by atoms with Gasteiger partial charge in [-0.05, 0) is 117 Å². The summed E-state index contributed by atoms with van der Waals surface area (Å²) in [5.41, 5.74) is 1.93. The smallest absolute Gasteiger partial charge is 0.308 e. The number of ether oxygens (including phenoxy) is 2. The summed E-state index contributed by atoms with van der Waals surface area (Å²) in [6.07, 6.45) is 36.9. The molecule has 10 nitrogen and oxygen atoms in total. The van der Waals surface area contributed by atoms with Crippen LogP contribution in [0.25, 0.3) is 0 Å². The van der Waals surface area contributed by atoms with Crippen LogP contribution in [-0.2, 0) is 41.6 Å². The highest BCUT2D eigenvalue weighted by molar-refractivity contribution is 7.12. The normalized spacial score (nSPS) is 12.8. The van der Waals surface area contributed by atoms with Crippen LogP contribution in [0, 0.1) is 12.8 Å².